The molecule has 1 N–H and O–H groups in total. The second kappa shape index (κ2) is 5.71. The molecule has 0 atom stereocenters. The van der Waals surface area contributed by atoms with Crippen molar-refractivity contribution in [2.45, 2.75) is 0 Å². The van der Waals surface area contributed by atoms with Crippen LogP contribution in [-0.2, 0) is 0 Å². The van der Waals surface area contributed by atoms with E-state index in [9.17, 15) is 0 Å². The van der Waals surface area contributed by atoms with Gasteiger partial charge in [-0.3, -0.25) is 0 Å². The number of thiocarbonyl (C=S) groups is 1. The zero-order valence-corrected chi connectivity index (χ0v) is 11.7. The van der Waals surface area contributed by atoms with E-state index in [2.05, 4.69) is 15.2 Å². The summed E-state index contributed by atoms with van der Waals surface area (Å²) in [5, 5.41) is 5.21. The Hall–Kier alpha value is -0.780. The normalized spacial score (nSPS) is 17.5. The molecule has 0 spiro atoms. The van der Waals surface area contributed by atoms with Gasteiger partial charge in [0.05, 0.1) is 0 Å². The Kier molecular flexibility index (Phi) is 4.25. The van der Waals surface area contributed by atoms with Crippen molar-refractivity contribution in [3.05, 3.63) is 29.3 Å². The number of amidine groups is 1. The van der Waals surface area contributed by atoms with Gasteiger partial charge in [0.25, 0.3) is 0 Å². The molecule has 0 saturated carbocycles. The van der Waals surface area contributed by atoms with Gasteiger partial charge in [0.15, 0.2) is 10.3 Å². The topological polar surface area (TPSA) is 27.6 Å². The predicted molar refractivity (Wildman–Crippen MR) is 80.2 cm³/mol. The van der Waals surface area contributed by atoms with E-state index in [0.717, 1.165) is 23.2 Å². The summed E-state index contributed by atoms with van der Waals surface area (Å²) in [4.78, 5) is 6.47. The predicted octanol–water partition coefficient (Wildman–Crippen LogP) is 3.07. The summed E-state index contributed by atoms with van der Waals surface area (Å²) in [6, 6.07) is 7.38. The lowest BCUT2D eigenvalue weighted by molar-refractivity contribution is 0.564. The van der Waals surface area contributed by atoms with E-state index in [-0.39, 0.29) is 0 Å². The van der Waals surface area contributed by atoms with E-state index < -0.39 is 0 Å². The van der Waals surface area contributed by atoms with Crippen molar-refractivity contribution in [1.29, 1.82) is 0 Å². The third-order valence-corrected chi connectivity index (χ3v) is 3.77. The van der Waals surface area contributed by atoms with Crippen molar-refractivity contribution < 1.29 is 0 Å². The molecule has 17 heavy (non-hydrogen) atoms. The average molecular weight is 286 g/mol. The lowest BCUT2D eigenvalue weighted by Gasteiger charge is -2.10. The van der Waals surface area contributed by atoms with Crippen LogP contribution in [-0.4, -0.2) is 34.5 Å². The van der Waals surface area contributed by atoms with Crippen LogP contribution in [0.5, 0.6) is 0 Å². The average Bonchev–Trinajstić information content (AvgIpc) is 2.68. The van der Waals surface area contributed by atoms with Crippen LogP contribution in [0.15, 0.2) is 29.3 Å². The van der Waals surface area contributed by atoms with Gasteiger partial charge in [0.1, 0.15) is 0 Å². The van der Waals surface area contributed by atoms with E-state index in [0.29, 0.717) is 10.1 Å². The first-order valence-electron chi connectivity index (χ1n) is 5.14. The minimum atomic E-state index is 0.476. The lowest BCUT2D eigenvalue weighted by atomic mass is 10.3. The van der Waals surface area contributed by atoms with Crippen molar-refractivity contribution in [2.24, 2.45) is 4.99 Å². The van der Waals surface area contributed by atoms with Gasteiger partial charge in [-0.2, -0.15) is 4.99 Å². The Labute approximate surface area is 115 Å². The second-order valence-corrected chi connectivity index (χ2v) is 5.49. The number of nitrogens with zero attached hydrogens (tertiary/aromatic N) is 2. The first-order valence-corrected chi connectivity index (χ1v) is 6.91. The molecule has 1 aliphatic rings. The van der Waals surface area contributed by atoms with E-state index in [4.69, 9.17) is 23.8 Å². The van der Waals surface area contributed by atoms with E-state index in [1.165, 1.54) is 0 Å². The number of aliphatic imine (C=N–C) groups is 1. The van der Waals surface area contributed by atoms with E-state index in [1.807, 2.05) is 31.3 Å². The van der Waals surface area contributed by atoms with Crippen molar-refractivity contribution in [3.8, 4) is 0 Å². The highest BCUT2D eigenvalue weighted by Gasteiger charge is 2.15. The molecule has 6 heteroatoms. The third kappa shape index (κ3) is 3.59. The number of anilines is 1. The minimum absolute atomic E-state index is 0.476. The molecule has 1 aromatic carbocycles. The van der Waals surface area contributed by atoms with Crippen LogP contribution in [0.3, 0.4) is 0 Å². The Bertz CT molecular complexity index is 445. The molecule has 2 rings (SSSR count). The van der Waals surface area contributed by atoms with Gasteiger partial charge in [-0.1, -0.05) is 23.4 Å². The molecule has 90 valence electrons. The molecule has 3 nitrogen and oxygen atoms in total. The maximum absolute atomic E-state index is 5.81. The van der Waals surface area contributed by atoms with Crippen molar-refractivity contribution in [2.75, 3.05) is 24.7 Å². The Balaban J connectivity index is 2.00. The standard InChI is InChI=1S/C11H12ClN3S2/c1-15-6-7-17-11(15)14-10(16)13-9-4-2-8(12)3-5-9/h2-5H,6-7H2,1H3,(H,13,16). The first-order chi connectivity index (χ1) is 8.15. The fourth-order valence-corrected chi connectivity index (χ4v) is 2.77. The molecule has 0 amide bonds. The molecular formula is C11H12ClN3S2. The van der Waals surface area contributed by atoms with Gasteiger partial charge in [-0.15, -0.1) is 0 Å². The van der Waals surface area contributed by atoms with Crippen LogP contribution >= 0.6 is 35.6 Å². The van der Waals surface area contributed by atoms with Gasteiger partial charge in [0.2, 0.25) is 0 Å². The molecule has 1 fully saturated rings. The second-order valence-electron chi connectivity index (χ2n) is 3.60. The highest BCUT2D eigenvalue weighted by atomic mass is 35.5. The smallest absolute Gasteiger partial charge is 0.199 e. The molecule has 1 saturated heterocycles. The molecule has 0 aromatic heterocycles. The summed E-state index contributed by atoms with van der Waals surface area (Å²) in [6.45, 7) is 1.02. The van der Waals surface area contributed by atoms with Crippen LogP contribution < -0.4 is 5.32 Å². The van der Waals surface area contributed by atoms with Crippen LogP contribution in [0.1, 0.15) is 0 Å². The quantitative estimate of drug-likeness (QED) is 0.803. The highest BCUT2D eigenvalue weighted by molar-refractivity contribution is 8.14. The number of thioether (sulfide) groups is 1. The zero-order valence-electron chi connectivity index (χ0n) is 9.31. The number of halogens is 1. The molecule has 0 aliphatic carbocycles. The number of nitrogens with one attached hydrogen (secondary N) is 1. The maximum Gasteiger partial charge on any atom is 0.199 e. The van der Waals surface area contributed by atoms with Crippen LogP contribution in [0.4, 0.5) is 5.69 Å². The van der Waals surface area contributed by atoms with Gasteiger partial charge in [-0.05, 0) is 36.5 Å². The summed E-state index contributed by atoms with van der Waals surface area (Å²) in [5.41, 5.74) is 0.898. The molecule has 1 aromatic rings. The van der Waals surface area contributed by atoms with E-state index in [1.54, 1.807) is 11.8 Å². The summed E-state index contributed by atoms with van der Waals surface area (Å²) < 4.78 is 0. The zero-order chi connectivity index (χ0) is 12.3. The molecular weight excluding hydrogens is 274 g/mol. The molecule has 1 heterocycles. The monoisotopic (exact) mass is 285 g/mol. The summed E-state index contributed by atoms with van der Waals surface area (Å²) in [6.07, 6.45) is 0. The first kappa shape index (κ1) is 12.7. The van der Waals surface area contributed by atoms with Crippen LogP contribution in [0, 0.1) is 0 Å². The van der Waals surface area contributed by atoms with Crippen molar-refractivity contribution >= 4 is 51.5 Å². The van der Waals surface area contributed by atoms with Gasteiger partial charge >= 0.3 is 0 Å². The van der Waals surface area contributed by atoms with Crippen LogP contribution in [0.25, 0.3) is 0 Å². The highest BCUT2D eigenvalue weighted by Crippen LogP contribution is 2.17. The molecule has 0 radical (unpaired) electrons. The van der Waals surface area contributed by atoms with Gasteiger partial charge in [0, 0.05) is 30.1 Å². The number of benzene rings is 1. The number of hydrogen-bond acceptors (Lipinski definition) is 2. The molecule has 0 unspecified atom stereocenters. The van der Waals surface area contributed by atoms with Crippen LogP contribution in [0.2, 0.25) is 5.02 Å². The summed E-state index contributed by atoms with van der Waals surface area (Å²) in [5.74, 6) is 1.07. The van der Waals surface area contributed by atoms with E-state index >= 15 is 0 Å². The van der Waals surface area contributed by atoms with Gasteiger partial charge < -0.3 is 10.2 Å². The fraction of sp³-hybridized carbons (Fsp3) is 0.273. The van der Waals surface area contributed by atoms with Gasteiger partial charge in [-0.25, -0.2) is 0 Å². The van der Waals surface area contributed by atoms with Crippen molar-refractivity contribution in [1.82, 2.24) is 4.90 Å². The Morgan fingerprint density at radius 3 is 2.76 bits per heavy atom. The maximum atomic E-state index is 5.81. The summed E-state index contributed by atoms with van der Waals surface area (Å²) >= 11 is 12.7. The SMILES string of the molecule is CN1CCSC1=NC(=S)Nc1ccc(Cl)cc1. The fourth-order valence-electron chi connectivity index (χ4n) is 1.37. The van der Waals surface area contributed by atoms with Crippen molar-refractivity contribution in [3.63, 3.8) is 0 Å². The number of hydrogen-bond donors (Lipinski definition) is 1. The lowest BCUT2D eigenvalue weighted by Crippen LogP contribution is -2.20. The molecule has 1 aliphatic heterocycles. The third-order valence-electron chi connectivity index (χ3n) is 2.28. The Morgan fingerprint density at radius 2 is 2.18 bits per heavy atom. The minimum Gasteiger partial charge on any atom is -0.353 e. The largest absolute Gasteiger partial charge is 0.353 e. The number of rotatable bonds is 1. The summed E-state index contributed by atoms with van der Waals surface area (Å²) in [7, 11) is 2.02. The Morgan fingerprint density at radius 1 is 1.47 bits per heavy atom. The molecule has 0 bridgehead atoms.